The monoisotopic (exact) mass is 359 g/mol. The summed E-state index contributed by atoms with van der Waals surface area (Å²) < 4.78 is 0. The minimum Gasteiger partial charge on any atom is -0.353 e. The van der Waals surface area contributed by atoms with Crippen LogP contribution in [-0.2, 0) is 0 Å². The third-order valence-corrected chi connectivity index (χ3v) is 4.86. The van der Waals surface area contributed by atoms with Gasteiger partial charge in [0, 0.05) is 36.9 Å². The second kappa shape index (κ2) is 7.80. The van der Waals surface area contributed by atoms with Crippen LogP contribution in [0.5, 0.6) is 0 Å². The molecule has 132 valence electrons. The van der Waals surface area contributed by atoms with Crippen molar-refractivity contribution in [2.45, 2.75) is 13.8 Å². The summed E-state index contributed by atoms with van der Waals surface area (Å²) in [5, 5.41) is 11.7. The van der Waals surface area contributed by atoms with Gasteiger partial charge in [-0.25, -0.2) is 0 Å². The van der Waals surface area contributed by atoms with Crippen molar-refractivity contribution >= 4 is 29.0 Å². The highest BCUT2D eigenvalue weighted by Gasteiger charge is 2.18. The van der Waals surface area contributed by atoms with Crippen LogP contribution < -0.4 is 10.2 Å². The van der Waals surface area contributed by atoms with Gasteiger partial charge in [-0.3, -0.25) is 4.79 Å². The first-order chi connectivity index (χ1) is 12.1. The zero-order valence-corrected chi connectivity index (χ0v) is 15.3. The van der Waals surface area contributed by atoms with Crippen LogP contribution in [0.3, 0.4) is 0 Å². The number of carbonyl (C=O) groups excluding carboxylic acids is 1. The third kappa shape index (κ3) is 4.27. The molecule has 1 aliphatic heterocycles. The Morgan fingerprint density at radius 2 is 1.92 bits per heavy atom. The minimum atomic E-state index is -0.297. The van der Waals surface area contributed by atoms with E-state index >= 15 is 0 Å². The van der Waals surface area contributed by atoms with Gasteiger partial charge in [-0.15, -0.1) is 10.2 Å². The molecule has 2 heterocycles. The average Bonchev–Trinajstić information content (AvgIpc) is 2.65. The molecular weight excluding hydrogens is 338 g/mol. The number of rotatable bonds is 4. The molecule has 7 heteroatoms. The number of carbonyl (C=O) groups is 1. The largest absolute Gasteiger partial charge is 0.353 e. The summed E-state index contributed by atoms with van der Waals surface area (Å²) in [4.78, 5) is 16.9. The predicted octanol–water partition coefficient (Wildman–Crippen LogP) is 2.83. The number of hydrogen-bond acceptors (Lipinski definition) is 5. The van der Waals surface area contributed by atoms with Crippen molar-refractivity contribution < 1.29 is 4.79 Å². The fourth-order valence-electron chi connectivity index (χ4n) is 2.77. The van der Waals surface area contributed by atoms with E-state index in [0.717, 1.165) is 44.1 Å². The molecule has 1 aliphatic rings. The predicted molar refractivity (Wildman–Crippen MR) is 101 cm³/mol. The Balaban J connectivity index is 1.63. The highest BCUT2D eigenvalue weighted by Crippen LogP contribution is 2.20. The number of halogens is 1. The molecule has 1 saturated heterocycles. The first-order valence-electron chi connectivity index (χ1n) is 8.45. The summed E-state index contributed by atoms with van der Waals surface area (Å²) in [7, 11) is 0. The molecule has 0 saturated carbocycles. The number of nitrogens with zero attached hydrogens (tertiary/aromatic N) is 4. The smallest absolute Gasteiger partial charge is 0.276 e. The average molecular weight is 360 g/mol. The van der Waals surface area contributed by atoms with E-state index in [2.05, 4.69) is 32.2 Å². The minimum absolute atomic E-state index is 0.285. The van der Waals surface area contributed by atoms with E-state index in [4.69, 9.17) is 11.6 Å². The van der Waals surface area contributed by atoms with E-state index in [-0.39, 0.29) is 11.6 Å². The molecule has 25 heavy (non-hydrogen) atoms. The molecular formula is C18H22ClN5O. The molecule has 2 aromatic rings. The molecule has 0 unspecified atom stereocenters. The molecule has 6 nitrogen and oxygen atoms in total. The van der Waals surface area contributed by atoms with Crippen molar-refractivity contribution in [3.05, 3.63) is 46.6 Å². The van der Waals surface area contributed by atoms with E-state index in [9.17, 15) is 4.79 Å². The summed E-state index contributed by atoms with van der Waals surface area (Å²) in [6.45, 7) is 9.05. The molecule has 0 atom stereocenters. The van der Waals surface area contributed by atoms with Gasteiger partial charge < -0.3 is 15.1 Å². The molecule has 0 aliphatic carbocycles. The Morgan fingerprint density at radius 3 is 2.52 bits per heavy atom. The molecule has 0 radical (unpaired) electrons. The van der Waals surface area contributed by atoms with Crippen LogP contribution in [-0.4, -0.2) is 53.7 Å². The van der Waals surface area contributed by atoms with Crippen molar-refractivity contribution in [2.75, 3.05) is 42.9 Å². The first kappa shape index (κ1) is 17.6. The van der Waals surface area contributed by atoms with Crippen LogP contribution in [0.4, 0.5) is 11.5 Å². The summed E-state index contributed by atoms with van der Waals surface area (Å²) >= 11 is 6.08. The van der Waals surface area contributed by atoms with Gasteiger partial charge in [0.2, 0.25) is 0 Å². The third-order valence-electron chi connectivity index (χ3n) is 4.46. The molecule has 1 N–H and O–H groups in total. The fraction of sp³-hybridized carbons (Fsp3) is 0.389. The fourth-order valence-corrected chi connectivity index (χ4v) is 2.95. The Hall–Kier alpha value is -2.18. The zero-order valence-electron chi connectivity index (χ0n) is 14.5. The lowest BCUT2D eigenvalue weighted by Crippen LogP contribution is -2.46. The number of amides is 1. The van der Waals surface area contributed by atoms with Gasteiger partial charge >= 0.3 is 0 Å². The van der Waals surface area contributed by atoms with Crippen LogP contribution in [0, 0.1) is 6.92 Å². The van der Waals surface area contributed by atoms with E-state index in [1.54, 1.807) is 12.1 Å². The van der Waals surface area contributed by atoms with E-state index < -0.39 is 0 Å². The summed E-state index contributed by atoms with van der Waals surface area (Å²) in [5.74, 6) is 0.514. The van der Waals surface area contributed by atoms with Crippen molar-refractivity contribution in [3.8, 4) is 0 Å². The molecule has 1 aromatic carbocycles. The van der Waals surface area contributed by atoms with Crippen LogP contribution in [0.2, 0.25) is 5.02 Å². The second-order valence-corrected chi connectivity index (χ2v) is 6.52. The number of benzene rings is 1. The van der Waals surface area contributed by atoms with Gasteiger partial charge in [0.05, 0.1) is 0 Å². The molecule has 0 bridgehead atoms. The highest BCUT2D eigenvalue weighted by molar-refractivity contribution is 6.31. The topological polar surface area (TPSA) is 61.4 Å². The standard InChI is InChI=1S/C18H22ClN5O/c1-3-23-8-10-24(11-9-23)17-7-6-16(21-22-17)18(25)20-14-5-4-13(2)15(19)12-14/h4-7,12H,3,8-11H2,1-2H3,(H,20,25). The first-order valence-corrected chi connectivity index (χ1v) is 8.83. The number of aromatic nitrogens is 2. The van der Waals surface area contributed by atoms with Crippen molar-refractivity contribution in [1.29, 1.82) is 0 Å². The molecule has 1 amide bonds. The quantitative estimate of drug-likeness (QED) is 0.909. The van der Waals surface area contributed by atoms with Crippen LogP contribution >= 0.6 is 11.6 Å². The maximum atomic E-state index is 12.3. The molecule has 1 fully saturated rings. The van der Waals surface area contributed by atoms with E-state index in [1.807, 2.05) is 25.1 Å². The highest BCUT2D eigenvalue weighted by atomic mass is 35.5. The number of likely N-dealkylation sites (N-methyl/N-ethyl adjacent to an activating group) is 1. The Labute approximate surface area is 152 Å². The molecule has 3 rings (SSSR count). The Morgan fingerprint density at radius 1 is 1.16 bits per heavy atom. The lowest BCUT2D eigenvalue weighted by Gasteiger charge is -2.34. The number of anilines is 2. The Kier molecular flexibility index (Phi) is 5.50. The van der Waals surface area contributed by atoms with Gasteiger partial charge in [0.25, 0.3) is 5.91 Å². The van der Waals surface area contributed by atoms with Crippen molar-refractivity contribution in [3.63, 3.8) is 0 Å². The van der Waals surface area contributed by atoms with Gasteiger partial charge in [0.15, 0.2) is 11.5 Å². The van der Waals surface area contributed by atoms with E-state index in [0.29, 0.717) is 10.7 Å². The van der Waals surface area contributed by atoms with Gasteiger partial charge in [0.1, 0.15) is 0 Å². The van der Waals surface area contributed by atoms with Gasteiger partial charge in [-0.2, -0.15) is 0 Å². The Bertz CT molecular complexity index is 742. The van der Waals surface area contributed by atoms with Gasteiger partial charge in [-0.1, -0.05) is 24.6 Å². The van der Waals surface area contributed by atoms with Crippen LogP contribution in [0.1, 0.15) is 23.0 Å². The lowest BCUT2D eigenvalue weighted by atomic mass is 10.2. The van der Waals surface area contributed by atoms with Crippen LogP contribution in [0.15, 0.2) is 30.3 Å². The number of nitrogens with one attached hydrogen (secondary N) is 1. The number of aryl methyl sites for hydroxylation is 1. The second-order valence-electron chi connectivity index (χ2n) is 6.12. The normalized spacial score (nSPS) is 15.2. The SMILES string of the molecule is CCN1CCN(c2ccc(C(=O)Nc3ccc(C)c(Cl)c3)nn2)CC1. The number of hydrogen-bond donors (Lipinski definition) is 1. The maximum absolute atomic E-state index is 12.3. The maximum Gasteiger partial charge on any atom is 0.276 e. The summed E-state index contributed by atoms with van der Waals surface area (Å²) in [6.07, 6.45) is 0. The number of piperazine rings is 1. The molecule has 1 aromatic heterocycles. The van der Waals surface area contributed by atoms with Crippen molar-refractivity contribution in [2.24, 2.45) is 0 Å². The van der Waals surface area contributed by atoms with Crippen molar-refractivity contribution in [1.82, 2.24) is 15.1 Å². The summed E-state index contributed by atoms with van der Waals surface area (Å²) in [6, 6.07) is 8.96. The van der Waals surface area contributed by atoms with Gasteiger partial charge in [-0.05, 0) is 43.3 Å². The zero-order chi connectivity index (χ0) is 17.8. The summed E-state index contributed by atoms with van der Waals surface area (Å²) in [5.41, 5.74) is 1.89. The van der Waals surface area contributed by atoms with E-state index in [1.165, 1.54) is 0 Å². The van der Waals surface area contributed by atoms with Crippen LogP contribution in [0.25, 0.3) is 0 Å². The molecule has 0 spiro atoms. The lowest BCUT2D eigenvalue weighted by molar-refractivity contribution is 0.102.